The Morgan fingerprint density at radius 3 is 2.40 bits per heavy atom. The van der Waals surface area contributed by atoms with Crippen molar-refractivity contribution < 1.29 is 13.9 Å². The molecule has 0 fully saturated rings. The predicted octanol–water partition coefficient (Wildman–Crippen LogP) is 3.78. The van der Waals surface area contributed by atoms with Crippen molar-refractivity contribution in [2.45, 2.75) is 25.9 Å². The number of nitrogens with two attached hydrogens (primary N) is 1. The van der Waals surface area contributed by atoms with Crippen LogP contribution in [0.1, 0.15) is 25.0 Å². The summed E-state index contributed by atoms with van der Waals surface area (Å²) in [7, 11) is 0. The molecule has 7 heteroatoms. The number of rotatable bonds is 5. The summed E-state index contributed by atoms with van der Waals surface area (Å²) in [5.41, 5.74) is 6.13. The number of aliphatic hydroxyl groups is 1. The molecule has 0 radical (unpaired) electrons. The fourth-order valence-electron chi connectivity index (χ4n) is 2.26. The molecule has 0 amide bonds. The highest BCUT2D eigenvalue weighted by Gasteiger charge is 2.26. The summed E-state index contributed by atoms with van der Waals surface area (Å²) < 4.78 is 26.8. The van der Waals surface area contributed by atoms with Crippen LogP contribution in [0.25, 0.3) is 0 Å². The summed E-state index contributed by atoms with van der Waals surface area (Å²) in [5, 5.41) is 13.3. The van der Waals surface area contributed by atoms with Crippen LogP contribution in [0.3, 0.4) is 0 Å². The Hall–Kier alpha value is -1.74. The number of halogens is 3. The van der Waals surface area contributed by atoms with Gasteiger partial charge in [-0.25, -0.2) is 13.8 Å². The maximum Gasteiger partial charge on any atom is 0.193 e. The lowest BCUT2D eigenvalue weighted by atomic mass is 9.95. The monoisotopic (exact) mass is 461 g/mol. The highest BCUT2D eigenvalue weighted by molar-refractivity contribution is 14.0. The molecule has 0 aromatic heterocycles. The first kappa shape index (κ1) is 21.3. The Balaban J connectivity index is 0.00000312. The van der Waals surface area contributed by atoms with Gasteiger partial charge in [0.25, 0.3) is 0 Å². The minimum Gasteiger partial charge on any atom is -0.383 e. The zero-order chi connectivity index (χ0) is 17.7. The smallest absolute Gasteiger partial charge is 0.193 e. The first-order valence-electron chi connectivity index (χ1n) is 7.65. The summed E-state index contributed by atoms with van der Waals surface area (Å²) in [4.78, 5) is 4.05. The maximum absolute atomic E-state index is 13.8. The molecule has 0 spiro atoms. The number of aryl methyl sites for hydroxylation is 1. The zero-order valence-corrected chi connectivity index (χ0v) is 16.4. The molecule has 2 aromatic carbocycles. The Morgan fingerprint density at radius 1 is 1.20 bits per heavy atom. The molecule has 4 nitrogen and oxygen atoms in total. The molecule has 0 aliphatic rings. The van der Waals surface area contributed by atoms with Gasteiger partial charge >= 0.3 is 0 Å². The maximum atomic E-state index is 13.8. The molecule has 0 bridgehead atoms. The van der Waals surface area contributed by atoms with E-state index in [0.29, 0.717) is 0 Å². The van der Waals surface area contributed by atoms with Crippen LogP contribution in [0.2, 0.25) is 0 Å². The molecular weight excluding hydrogens is 439 g/mol. The number of anilines is 1. The Morgan fingerprint density at radius 2 is 1.84 bits per heavy atom. The molecule has 0 saturated heterocycles. The Bertz CT molecular complexity index is 734. The number of benzene rings is 2. The van der Waals surface area contributed by atoms with E-state index in [-0.39, 0.29) is 42.0 Å². The van der Waals surface area contributed by atoms with Gasteiger partial charge in [-0.2, -0.15) is 0 Å². The molecular formula is C18H22F2IN3O. The van der Waals surface area contributed by atoms with E-state index in [9.17, 15) is 13.9 Å². The van der Waals surface area contributed by atoms with Crippen LogP contribution in [0.15, 0.2) is 47.5 Å². The predicted molar refractivity (Wildman–Crippen MR) is 107 cm³/mol. The highest BCUT2D eigenvalue weighted by Crippen LogP contribution is 2.24. The second-order valence-corrected chi connectivity index (χ2v) is 5.77. The van der Waals surface area contributed by atoms with Gasteiger partial charge in [0.2, 0.25) is 0 Å². The van der Waals surface area contributed by atoms with Gasteiger partial charge in [-0.15, -0.1) is 24.0 Å². The van der Waals surface area contributed by atoms with E-state index in [4.69, 9.17) is 5.73 Å². The van der Waals surface area contributed by atoms with Gasteiger partial charge in [-0.05, 0) is 37.1 Å². The van der Waals surface area contributed by atoms with Gasteiger partial charge < -0.3 is 16.2 Å². The quantitative estimate of drug-likeness (QED) is 0.361. The molecule has 1 unspecified atom stereocenters. The minimum absolute atomic E-state index is 0. The van der Waals surface area contributed by atoms with E-state index in [2.05, 4.69) is 17.2 Å². The standard InChI is InChI=1S/C18H21F2N3O.HI/c1-3-12-4-7-14(8-5-12)23-17(21)22-11-18(2,24)15-9-6-13(19)10-16(15)20;/h4-10,24H,3,11H2,1-2H3,(H3,21,22,23);1H. The Kier molecular flexibility index (Phi) is 7.75. The molecule has 0 saturated carbocycles. The van der Waals surface area contributed by atoms with Crippen LogP contribution >= 0.6 is 24.0 Å². The average molecular weight is 461 g/mol. The van der Waals surface area contributed by atoms with Crippen molar-refractivity contribution in [1.82, 2.24) is 0 Å². The van der Waals surface area contributed by atoms with Crippen LogP contribution in [0.5, 0.6) is 0 Å². The third-order valence-electron chi connectivity index (χ3n) is 3.70. The number of guanidine groups is 1. The van der Waals surface area contributed by atoms with Gasteiger partial charge in [0.1, 0.15) is 17.2 Å². The molecule has 0 aliphatic carbocycles. The molecule has 0 aliphatic heterocycles. The van der Waals surface area contributed by atoms with Crippen molar-refractivity contribution in [3.63, 3.8) is 0 Å². The van der Waals surface area contributed by atoms with Crippen LogP contribution in [-0.4, -0.2) is 17.6 Å². The number of nitrogens with one attached hydrogen (secondary N) is 1. The topological polar surface area (TPSA) is 70.6 Å². The van der Waals surface area contributed by atoms with Gasteiger partial charge in [0.15, 0.2) is 5.96 Å². The summed E-state index contributed by atoms with van der Waals surface area (Å²) in [5.74, 6) is -1.42. The SMILES string of the molecule is CCc1ccc(NC(N)=NCC(C)(O)c2ccc(F)cc2F)cc1.I. The van der Waals surface area contributed by atoms with Gasteiger partial charge in [-0.1, -0.05) is 25.1 Å². The number of hydrogen-bond donors (Lipinski definition) is 3. The van der Waals surface area contributed by atoms with E-state index in [1.165, 1.54) is 18.6 Å². The third-order valence-corrected chi connectivity index (χ3v) is 3.70. The average Bonchev–Trinajstić information content (AvgIpc) is 2.53. The molecule has 25 heavy (non-hydrogen) atoms. The van der Waals surface area contributed by atoms with Crippen molar-refractivity contribution in [3.05, 3.63) is 65.2 Å². The molecule has 4 N–H and O–H groups in total. The van der Waals surface area contributed by atoms with Crippen molar-refractivity contribution in [1.29, 1.82) is 0 Å². The Labute approximate surface area is 163 Å². The first-order valence-corrected chi connectivity index (χ1v) is 7.65. The minimum atomic E-state index is -1.60. The number of nitrogens with zero attached hydrogens (tertiary/aromatic N) is 1. The van der Waals surface area contributed by atoms with Crippen molar-refractivity contribution in [2.75, 3.05) is 11.9 Å². The van der Waals surface area contributed by atoms with Gasteiger partial charge in [0, 0.05) is 17.3 Å². The molecule has 2 rings (SSSR count). The van der Waals surface area contributed by atoms with Crippen LogP contribution in [-0.2, 0) is 12.0 Å². The van der Waals surface area contributed by atoms with Crippen LogP contribution < -0.4 is 11.1 Å². The summed E-state index contributed by atoms with van der Waals surface area (Å²) in [6, 6.07) is 10.7. The van der Waals surface area contributed by atoms with Crippen molar-refractivity contribution >= 4 is 35.6 Å². The molecule has 0 heterocycles. The second-order valence-electron chi connectivity index (χ2n) is 5.77. The lowest BCUT2D eigenvalue weighted by molar-refractivity contribution is 0.0634. The van der Waals surface area contributed by atoms with Crippen molar-refractivity contribution in [2.24, 2.45) is 10.7 Å². The fourth-order valence-corrected chi connectivity index (χ4v) is 2.26. The molecule has 2 aromatic rings. The number of aliphatic imine (C=N–C) groups is 1. The van der Waals surface area contributed by atoms with E-state index in [1.54, 1.807) is 0 Å². The lowest BCUT2D eigenvalue weighted by Gasteiger charge is -2.22. The van der Waals surface area contributed by atoms with E-state index in [0.717, 1.165) is 24.2 Å². The fraction of sp³-hybridized carbons (Fsp3) is 0.278. The lowest BCUT2D eigenvalue weighted by Crippen LogP contribution is -2.30. The van der Waals surface area contributed by atoms with Crippen LogP contribution in [0.4, 0.5) is 14.5 Å². The molecule has 1 atom stereocenters. The zero-order valence-electron chi connectivity index (χ0n) is 14.1. The van der Waals surface area contributed by atoms with E-state index >= 15 is 0 Å². The second kappa shape index (κ2) is 9.10. The van der Waals surface area contributed by atoms with Crippen LogP contribution in [0, 0.1) is 11.6 Å². The normalized spacial score (nSPS) is 13.7. The number of hydrogen-bond acceptors (Lipinski definition) is 2. The highest BCUT2D eigenvalue weighted by atomic mass is 127. The first-order chi connectivity index (χ1) is 11.3. The summed E-state index contributed by atoms with van der Waals surface area (Å²) in [6.07, 6.45) is 0.940. The van der Waals surface area contributed by atoms with E-state index in [1.807, 2.05) is 24.3 Å². The van der Waals surface area contributed by atoms with Crippen molar-refractivity contribution in [3.8, 4) is 0 Å². The largest absolute Gasteiger partial charge is 0.383 e. The van der Waals surface area contributed by atoms with E-state index < -0.39 is 17.2 Å². The summed E-state index contributed by atoms with van der Waals surface area (Å²) in [6.45, 7) is 3.30. The molecule has 136 valence electrons. The summed E-state index contributed by atoms with van der Waals surface area (Å²) >= 11 is 0. The van der Waals surface area contributed by atoms with Gasteiger partial charge in [-0.3, -0.25) is 0 Å². The third kappa shape index (κ3) is 5.93. The van der Waals surface area contributed by atoms with Gasteiger partial charge in [0.05, 0.1) is 6.54 Å².